The summed E-state index contributed by atoms with van der Waals surface area (Å²) in [6, 6.07) is 5.65. The monoisotopic (exact) mass is 205 g/mol. The fourth-order valence-electron chi connectivity index (χ4n) is 1.50. The number of ketones is 1. The highest BCUT2D eigenvalue weighted by Gasteiger charge is 2.13. The van der Waals surface area contributed by atoms with E-state index >= 15 is 0 Å². The van der Waals surface area contributed by atoms with E-state index < -0.39 is 0 Å². The van der Waals surface area contributed by atoms with Crippen LogP contribution in [0.1, 0.15) is 26.6 Å². The van der Waals surface area contributed by atoms with E-state index in [0.29, 0.717) is 0 Å². The van der Waals surface area contributed by atoms with Gasteiger partial charge in [-0.3, -0.25) is 4.79 Å². The number of aromatic nitrogens is 1. The van der Waals surface area contributed by atoms with Gasteiger partial charge in [0, 0.05) is 17.0 Å². The number of nitrogens with one attached hydrogen (secondary N) is 1. The van der Waals surface area contributed by atoms with Gasteiger partial charge in [-0.1, -0.05) is 6.07 Å². The van der Waals surface area contributed by atoms with E-state index in [2.05, 4.69) is 4.98 Å². The molecule has 2 aromatic rings. The quantitative estimate of drug-likeness (QED) is 0.751. The standard InChI is InChI=1S/C11H11NOS/c1-7-6-9(8(2)12-7)11(13)10-4-3-5-14-10/h3-6,12H,1-2H3. The van der Waals surface area contributed by atoms with Crippen molar-refractivity contribution in [3.05, 3.63) is 45.4 Å². The predicted molar refractivity (Wildman–Crippen MR) is 58.0 cm³/mol. The van der Waals surface area contributed by atoms with Gasteiger partial charge in [-0.2, -0.15) is 0 Å². The van der Waals surface area contributed by atoms with Crippen LogP contribution in [0.25, 0.3) is 0 Å². The third kappa shape index (κ3) is 1.51. The Kier molecular flexibility index (Phi) is 2.25. The van der Waals surface area contributed by atoms with E-state index in [4.69, 9.17) is 0 Å². The second kappa shape index (κ2) is 3.42. The molecule has 0 atom stereocenters. The SMILES string of the molecule is Cc1cc(C(=O)c2cccs2)c(C)[nH]1. The summed E-state index contributed by atoms with van der Waals surface area (Å²) in [5.74, 6) is 0.113. The number of aryl methyl sites for hydroxylation is 2. The summed E-state index contributed by atoms with van der Waals surface area (Å²) in [5, 5.41) is 1.92. The molecule has 0 unspecified atom stereocenters. The predicted octanol–water partition coefficient (Wildman–Crippen LogP) is 2.92. The Morgan fingerprint density at radius 1 is 1.43 bits per heavy atom. The number of carbonyl (C=O) groups is 1. The zero-order valence-corrected chi connectivity index (χ0v) is 8.94. The molecule has 2 aromatic heterocycles. The van der Waals surface area contributed by atoms with E-state index in [-0.39, 0.29) is 5.78 Å². The lowest BCUT2D eigenvalue weighted by Gasteiger charge is -1.94. The molecule has 2 heterocycles. The molecule has 3 heteroatoms. The molecule has 1 N–H and O–H groups in total. The highest BCUT2D eigenvalue weighted by molar-refractivity contribution is 7.12. The number of H-pyrrole nitrogens is 1. The maximum absolute atomic E-state index is 11.9. The Morgan fingerprint density at radius 2 is 2.21 bits per heavy atom. The summed E-state index contributed by atoms with van der Waals surface area (Å²) in [7, 11) is 0. The van der Waals surface area contributed by atoms with Crippen LogP contribution < -0.4 is 0 Å². The van der Waals surface area contributed by atoms with Gasteiger partial charge in [0.05, 0.1) is 4.88 Å². The van der Waals surface area contributed by atoms with Crippen molar-refractivity contribution in [3.8, 4) is 0 Å². The maximum atomic E-state index is 11.9. The van der Waals surface area contributed by atoms with Crippen LogP contribution in [0.15, 0.2) is 23.6 Å². The second-order valence-corrected chi connectivity index (χ2v) is 4.25. The van der Waals surface area contributed by atoms with Crippen molar-refractivity contribution in [2.45, 2.75) is 13.8 Å². The summed E-state index contributed by atoms with van der Waals surface area (Å²) < 4.78 is 0. The first kappa shape index (κ1) is 9.21. The zero-order valence-electron chi connectivity index (χ0n) is 8.13. The molecule has 14 heavy (non-hydrogen) atoms. The van der Waals surface area contributed by atoms with Crippen molar-refractivity contribution in [2.24, 2.45) is 0 Å². The fraction of sp³-hybridized carbons (Fsp3) is 0.182. The third-order valence-electron chi connectivity index (χ3n) is 2.14. The minimum absolute atomic E-state index is 0.113. The number of hydrogen-bond donors (Lipinski definition) is 1. The average Bonchev–Trinajstić information content (AvgIpc) is 2.73. The molecule has 0 aliphatic rings. The largest absolute Gasteiger partial charge is 0.362 e. The normalized spacial score (nSPS) is 10.4. The number of hydrogen-bond acceptors (Lipinski definition) is 2. The molecule has 0 spiro atoms. The van der Waals surface area contributed by atoms with Crippen LogP contribution in [0.4, 0.5) is 0 Å². The van der Waals surface area contributed by atoms with Crippen LogP contribution in [0.2, 0.25) is 0 Å². The second-order valence-electron chi connectivity index (χ2n) is 3.30. The zero-order chi connectivity index (χ0) is 10.1. The van der Waals surface area contributed by atoms with Gasteiger partial charge >= 0.3 is 0 Å². The number of thiophene rings is 1. The molecule has 0 amide bonds. The minimum atomic E-state index is 0.113. The van der Waals surface area contributed by atoms with E-state index in [1.165, 1.54) is 11.3 Å². The molecule has 0 aromatic carbocycles. The Labute approximate surface area is 86.6 Å². The molecule has 0 saturated heterocycles. The Hall–Kier alpha value is -1.35. The van der Waals surface area contributed by atoms with E-state index in [1.807, 2.05) is 37.4 Å². The summed E-state index contributed by atoms with van der Waals surface area (Å²) in [4.78, 5) is 15.9. The molecule has 0 aliphatic heterocycles. The van der Waals surface area contributed by atoms with Crippen LogP contribution in [-0.4, -0.2) is 10.8 Å². The molecule has 0 aliphatic carbocycles. The maximum Gasteiger partial charge on any atom is 0.204 e. The molecule has 2 rings (SSSR count). The summed E-state index contributed by atoms with van der Waals surface area (Å²) in [6.45, 7) is 3.88. The Balaban J connectivity index is 2.41. The van der Waals surface area contributed by atoms with Crippen molar-refractivity contribution in [1.29, 1.82) is 0 Å². The lowest BCUT2D eigenvalue weighted by atomic mass is 10.1. The van der Waals surface area contributed by atoms with Crippen molar-refractivity contribution in [1.82, 2.24) is 4.98 Å². The highest BCUT2D eigenvalue weighted by atomic mass is 32.1. The van der Waals surface area contributed by atoms with Crippen molar-refractivity contribution in [2.75, 3.05) is 0 Å². The molecular weight excluding hydrogens is 194 g/mol. The summed E-state index contributed by atoms with van der Waals surface area (Å²) in [6.07, 6.45) is 0. The molecule has 2 nitrogen and oxygen atoms in total. The molecule has 0 radical (unpaired) electrons. The first-order chi connectivity index (χ1) is 6.68. The Morgan fingerprint density at radius 3 is 2.71 bits per heavy atom. The summed E-state index contributed by atoms with van der Waals surface area (Å²) >= 11 is 1.48. The van der Waals surface area contributed by atoms with Crippen LogP contribution in [-0.2, 0) is 0 Å². The van der Waals surface area contributed by atoms with Crippen LogP contribution in [0.3, 0.4) is 0 Å². The molecule has 0 bridgehead atoms. The van der Waals surface area contributed by atoms with E-state index in [9.17, 15) is 4.79 Å². The van der Waals surface area contributed by atoms with Gasteiger partial charge in [0.2, 0.25) is 5.78 Å². The highest BCUT2D eigenvalue weighted by Crippen LogP contribution is 2.18. The first-order valence-corrected chi connectivity index (χ1v) is 5.31. The number of aromatic amines is 1. The number of rotatable bonds is 2. The van der Waals surface area contributed by atoms with Gasteiger partial charge in [0.25, 0.3) is 0 Å². The molecule has 0 fully saturated rings. The molecular formula is C11H11NOS. The van der Waals surface area contributed by atoms with Gasteiger partial charge in [0.1, 0.15) is 0 Å². The van der Waals surface area contributed by atoms with Gasteiger partial charge in [-0.25, -0.2) is 0 Å². The average molecular weight is 205 g/mol. The fourth-order valence-corrected chi connectivity index (χ4v) is 2.18. The molecule has 0 saturated carbocycles. The summed E-state index contributed by atoms with van der Waals surface area (Å²) in [5.41, 5.74) is 2.76. The van der Waals surface area contributed by atoms with Gasteiger partial charge in [-0.15, -0.1) is 11.3 Å². The number of carbonyl (C=O) groups excluding carboxylic acids is 1. The van der Waals surface area contributed by atoms with Crippen molar-refractivity contribution in [3.63, 3.8) is 0 Å². The van der Waals surface area contributed by atoms with Crippen molar-refractivity contribution >= 4 is 17.1 Å². The van der Waals surface area contributed by atoms with E-state index in [0.717, 1.165) is 21.8 Å². The van der Waals surface area contributed by atoms with Crippen molar-refractivity contribution < 1.29 is 4.79 Å². The van der Waals surface area contributed by atoms with Gasteiger partial charge in [0.15, 0.2) is 0 Å². The van der Waals surface area contributed by atoms with Crippen LogP contribution in [0.5, 0.6) is 0 Å². The smallest absolute Gasteiger partial charge is 0.204 e. The van der Waals surface area contributed by atoms with Crippen LogP contribution in [0, 0.1) is 13.8 Å². The minimum Gasteiger partial charge on any atom is -0.362 e. The van der Waals surface area contributed by atoms with Crippen LogP contribution >= 0.6 is 11.3 Å². The first-order valence-electron chi connectivity index (χ1n) is 4.43. The van der Waals surface area contributed by atoms with Gasteiger partial charge < -0.3 is 4.98 Å². The lowest BCUT2D eigenvalue weighted by molar-refractivity contribution is 0.104. The Bertz CT molecular complexity index is 454. The lowest BCUT2D eigenvalue weighted by Crippen LogP contribution is -1.98. The van der Waals surface area contributed by atoms with Gasteiger partial charge in [-0.05, 0) is 31.4 Å². The topological polar surface area (TPSA) is 32.9 Å². The third-order valence-corrected chi connectivity index (χ3v) is 3.01. The van der Waals surface area contributed by atoms with E-state index in [1.54, 1.807) is 0 Å². The molecule has 72 valence electrons.